The molecule has 0 spiro atoms. The summed E-state index contributed by atoms with van der Waals surface area (Å²) >= 11 is 1.26. The van der Waals surface area contributed by atoms with Crippen LogP contribution in [0.1, 0.15) is 0 Å². The number of rotatable bonds is 8. The van der Waals surface area contributed by atoms with E-state index >= 15 is 0 Å². The van der Waals surface area contributed by atoms with Crippen molar-refractivity contribution in [2.45, 2.75) is 0 Å². The van der Waals surface area contributed by atoms with Crippen molar-refractivity contribution < 1.29 is 0 Å². The lowest BCUT2D eigenvalue weighted by molar-refractivity contribution is 1.18. The molecular weight excluding hydrogens is 785 g/mol. The van der Waals surface area contributed by atoms with Crippen molar-refractivity contribution >= 4 is 72.4 Å². The third kappa shape index (κ3) is 6.46. The third-order valence-electron chi connectivity index (χ3n) is 12.3. The molecule has 0 aliphatic carbocycles. The van der Waals surface area contributed by atoms with Crippen molar-refractivity contribution in [3.05, 3.63) is 231 Å². The van der Waals surface area contributed by atoms with Gasteiger partial charge in [-0.15, -0.1) is 0 Å². The first-order valence-corrected chi connectivity index (χ1v) is 22.0. The summed E-state index contributed by atoms with van der Waals surface area (Å²) in [5.74, 6) is 0. The first-order valence-electron chi connectivity index (χ1n) is 21.2. The van der Waals surface area contributed by atoms with Crippen LogP contribution in [0, 0.1) is 0 Å². The number of para-hydroxylation sites is 1. The fourth-order valence-electron chi connectivity index (χ4n) is 9.25. The highest BCUT2D eigenvalue weighted by molar-refractivity contribution is 7.00. The largest absolute Gasteiger partial charge is 0.309 e. The van der Waals surface area contributed by atoms with E-state index in [0.29, 0.717) is 0 Å². The average molecular weight is 823 g/mol. The fourth-order valence-corrected chi connectivity index (χ4v) is 9.82. The fraction of sp³-hybridized carbons (Fsp3) is 0. The van der Waals surface area contributed by atoms with Crippen LogP contribution in [-0.2, 0) is 0 Å². The van der Waals surface area contributed by atoms with Gasteiger partial charge in [-0.1, -0.05) is 158 Å². The lowest BCUT2D eigenvalue weighted by Gasteiger charge is -2.26. The van der Waals surface area contributed by atoms with Crippen molar-refractivity contribution in [1.29, 1.82) is 0 Å². The van der Waals surface area contributed by atoms with Crippen LogP contribution in [0.3, 0.4) is 0 Å². The predicted molar refractivity (Wildman–Crippen MR) is 266 cm³/mol. The summed E-state index contributed by atoms with van der Waals surface area (Å²) in [6.45, 7) is 0. The highest BCUT2D eigenvalue weighted by Gasteiger charge is 2.21. The maximum atomic E-state index is 4.95. The van der Waals surface area contributed by atoms with E-state index < -0.39 is 0 Å². The summed E-state index contributed by atoms with van der Waals surface area (Å²) in [4.78, 5) is 2.29. The van der Waals surface area contributed by atoms with E-state index in [1.165, 1.54) is 77.7 Å². The molecule has 296 valence electrons. The Morgan fingerprint density at radius 2 is 0.873 bits per heavy atom. The van der Waals surface area contributed by atoms with Crippen LogP contribution in [0.2, 0.25) is 0 Å². The summed E-state index contributed by atoms with van der Waals surface area (Å²) in [5, 5.41) is 4.94. The van der Waals surface area contributed by atoms with Gasteiger partial charge in [0.05, 0.1) is 28.4 Å². The van der Waals surface area contributed by atoms with Gasteiger partial charge in [0, 0.05) is 33.4 Å². The summed E-state index contributed by atoms with van der Waals surface area (Å²) < 4.78 is 12.3. The van der Waals surface area contributed by atoms with Gasteiger partial charge in [0.2, 0.25) is 0 Å². The van der Waals surface area contributed by atoms with Gasteiger partial charge >= 0.3 is 0 Å². The molecule has 5 heteroatoms. The Labute approximate surface area is 369 Å². The number of fused-ring (bicyclic) bond motifs is 5. The molecule has 0 saturated carbocycles. The van der Waals surface area contributed by atoms with E-state index in [2.05, 4.69) is 240 Å². The highest BCUT2D eigenvalue weighted by atomic mass is 32.1. The van der Waals surface area contributed by atoms with Crippen molar-refractivity contribution in [3.8, 4) is 50.2 Å². The summed E-state index contributed by atoms with van der Waals surface area (Å²) in [6.07, 6.45) is 0. The van der Waals surface area contributed by atoms with Crippen LogP contribution in [0.5, 0.6) is 0 Å². The summed E-state index contributed by atoms with van der Waals surface area (Å²) in [7, 11) is 0. The first kappa shape index (κ1) is 36.7. The standard InChI is InChI=1S/C58H38N4S/c1-4-13-39(14-5-1)44-27-34-54-52(37-44)53-38-45(40-15-6-2-7-16-40)28-35-55(53)62(54)48-31-25-43(26-32-48)51-33-36-56(58-57(51)59-63-60-58)61(46-19-8-3-9-20-46)47-29-23-42(24-30-47)50-22-12-18-41-17-10-11-21-49(41)50/h1-38H. The summed E-state index contributed by atoms with van der Waals surface area (Å²) in [6, 6.07) is 82.8. The SMILES string of the molecule is c1ccc(-c2ccc3c(c2)c2cc(-c4ccccc4)ccc2n3-c2ccc(-c3ccc(N(c4ccccc4)c4ccc(-c5cccc6ccccc56)cc4)c4nsnc34)cc2)cc1. The van der Waals surface area contributed by atoms with E-state index in [1.54, 1.807) is 0 Å². The minimum Gasteiger partial charge on any atom is -0.309 e. The molecule has 0 radical (unpaired) electrons. The Morgan fingerprint density at radius 1 is 0.349 bits per heavy atom. The Morgan fingerprint density at radius 3 is 1.54 bits per heavy atom. The Hall–Kier alpha value is -8.12. The summed E-state index contributed by atoms with van der Waals surface area (Å²) in [5.41, 5.74) is 17.7. The molecule has 0 aliphatic rings. The number of anilines is 3. The monoisotopic (exact) mass is 822 g/mol. The van der Waals surface area contributed by atoms with Gasteiger partial charge < -0.3 is 9.47 Å². The number of hydrogen-bond acceptors (Lipinski definition) is 4. The van der Waals surface area contributed by atoms with Gasteiger partial charge in [-0.3, -0.25) is 0 Å². The van der Waals surface area contributed by atoms with Crippen molar-refractivity contribution in [3.63, 3.8) is 0 Å². The molecule has 12 aromatic rings. The van der Waals surface area contributed by atoms with E-state index in [0.717, 1.165) is 44.9 Å². The molecule has 0 unspecified atom stereocenters. The number of aromatic nitrogens is 3. The van der Waals surface area contributed by atoms with E-state index in [9.17, 15) is 0 Å². The Balaban J connectivity index is 0.934. The van der Waals surface area contributed by atoms with E-state index in [1.807, 2.05) is 0 Å². The molecule has 4 nitrogen and oxygen atoms in total. The van der Waals surface area contributed by atoms with Crippen LogP contribution >= 0.6 is 11.7 Å². The molecule has 2 heterocycles. The van der Waals surface area contributed by atoms with Crippen molar-refractivity contribution in [1.82, 2.24) is 13.3 Å². The maximum absolute atomic E-state index is 4.95. The van der Waals surface area contributed by atoms with Crippen LogP contribution in [0.15, 0.2) is 231 Å². The molecule has 0 aliphatic heterocycles. The molecule has 0 bridgehead atoms. The number of benzene rings is 10. The minimum atomic E-state index is 0.870. The lowest BCUT2D eigenvalue weighted by atomic mass is 9.98. The lowest BCUT2D eigenvalue weighted by Crippen LogP contribution is -2.10. The smallest absolute Gasteiger partial charge is 0.129 e. The Kier molecular flexibility index (Phi) is 8.98. The number of nitrogens with zero attached hydrogens (tertiary/aromatic N) is 4. The molecule has 10 aromatic carbocycles. The quantitative estimate of drug-likeness (QED) is 0.153. The normalized spacial score (nSPS) is 11.5. The van der Waals surface area contributed by atoms with Gasteiger partial charge in [-0.2, -0.15) is 8.75 Å². The van der Waals surface area contributed by atoms with Crippen LogP contribution < -0.4 is 4.90 Å². The Bertz CT molecular complexity index is 3490. The van der Waals surface area contributed by atoms with Crippen molar-refractivity contribution in [2.75, 3.05) is 4.90 Å². The third-order valence-corrected chi connectivity index (χ3v) is 12.8. The average Bonchev–Trinajstić information content (AvgIpc) is 3.99. The van der Waals surface area contributed by atoms with Gasteiger partial charge in [-0.05, 0) is 123 Å². The molecule has 12 rings (SSSR count). The zero-order chi connectivity index (χ0) is 41.7. The molecule has 0 N–H and O–H groups in total. The maximum Gasteiger partial charge on any atom is 0.129 e. The molecule has 0 saturated heterocycles. The molecule has 63 heavy (non-hydrogen) atoms. The second-order valence-corrected chi connectivity index (χ2v) is 16.4. The van der Waals surface area contributed by atoms with E-state index in [-0.39, 0.29) is 0 Å². The molecule has 0 atom stereocenters. The van der Waals surface area contributed by atoms with Gasteiger partial charge in [0.25, 0.3) is 0 Å². The zero-order valence-electron chi connectivity index (χ0n) is 34.1. The van der Waals surface area contributed by atoms with Gasteiger partial charge in [0.1, 0.15) is 11.0 Å². The molecule has 2 aromatic heterocycles. The predicted octanol–water partition coefficient (Wildman–Crippen LogP) is 16.1. The zero-order valence-corrected chi connectivity index (χ0v) is 35.0. The second kappa shape index (κ2) is 15.4. The number of hydrogen-bond donors (Lipinski definition) is 0. The molecule has 0 amide bonds. The highest BCUT2D eigenvalue weighted by Crippen LogP contribution is 2.43. The van der Waals surface area contributed by atoms with Crippen LogP contribution in [0.25, 0.3) is 93.8 Å². The topological polar surface area (TPSA) is 34.0 Å². The van der Waals surface area contributed by atoms with Crippen LogP contribution in [0.4, 0.5) is 17.1 Å². The van der Waals surface area contributed by atoms with Crippen LogP contribution in [-0.4, -0.2) is 13.3 Å². The van der Waals surface area contributed by atoms with Crippen molar-refractivity contribution in [2.24, 2.45) is 0 Å². The minimum absolute atomic E-state index is 0.870. The second-order valence-electron chi connectivity index (χ2n) is 15.9. The first-order chi connectivity index (χ1) is 31.2. The van der Waals surface area contributed by atoms with Gasteiger partial charge in [0.15, 0.2) is 0 Å². The van der Waals surface area contributed by atoms with Gasteiger partial charge in [-0.25, -0.2) is 0 Å². The van der Waals surface area contributed by atoms with E-state index in [4.69, 9.17) is 8.75 Å². The molecular formula is C58H38N4S. The molecule has 0 fully saturated rings.